The quantitative estimate of drug-likeness (QED) is 0.643. The normalized spacial score (nSPS) is 10.5. The van der Waals surface area contributed by atoms with Crippen LogP contribution in [-0.4, -0.2) is 24.5 Å². The molecule has 0 aliphatic carbocycles. The molecule has 0 aromatic heterocycles. The molecule has 1 aromatic rings. The Bertz CT molecular complexity index is 459. The average molecular weight is 273 g/mol. The van der Waals surface area contributed by atoms with Crippen LogP contribution < -0.4 is 0 Å². The first-order valence-corrected chi connectivity index (χ1v) is 7.30. The molecule has 0 atom stereocenters. The number of hydrogen-bond donors (Lipinski definition) is 0. The van der Waals surface area contributed by atoms with Crippen molar-refractivity contribution in [1.82, 2.24) is 4.90 Å². The molecule has 108 valence electrons. The van der Waals surface area contributed by atoms with Crippen molar-refractivity contribution < 1.29 is 0 Å². The van der Waals surface area contributed by atoms with E-state index in [1.54, 1.807) is 6.07 Å². The lowest BCUT2D eigenvalue weighted by atomic mass is 10.00. The van der Waals surface area contributed by atoms with Crippen LogP contribution in [0, 0.1) is 16.2 Å². The van der Waals surface area contributed by atoms with Gasteiger partial charge in [-0.25, -0.2) is 0 Å². The van der Waals surface area contributed by atoms with Gasteiger partial charge >= 0.3 is 0 Å². The summed E-state index contributed by atoms with van der Waals surface area (Å²) in [6.45, 7) is 7.50. The van der Waals surface area contributed by atoms with E-state index in [0.29, 0.717) is 5.69 Å². The third-order valence-electron chi connectivity index (χ3n) is 3.38. The topological polar surface area (TPSA) is 56.5 Å². The predicted molar refractivity (Wildman–Crippen MR) is 81.9 cm³/mol. The maximum absolute atomic E-state index is 10.8. The maximum atomic E-state index is 10.8. The van der Waals surface area contributed by atoms with Gasteiger partial charge in [-0.05, 0) is 54.7 Å². The Kier molecular flexibility index (Phi) is 7.52. The van der Waals surface area contributed by atoms with Crippen molar-refractivity contribution in [3.05, 3.63) is 34.2 Å². The first-order chi connectivity index (χ1) is 9.76. The minimum atomic E-state index is 0.249. The van der Waals surface area contributed by atoms with E-state index in [1.807, 2.05) is 12.1 Å². The Morgan fingerprint density at radius 1 is 1.20 bits per heavy atom. The fourth-order valence-electron chi connectivity index (χ4n) is 2.47. The monoisotopic (exact) mass is 273 g/mol. The zero-order valence-corrected chi connectivity index (χ0v) is 12.4. The second kappa shape index (κ2) is 9.22. The van der Waals surface area contributed by atoms with Gasteiger partial charge in [-0.3, -0.25) is 0 Å². The highest BCUT2D eigenvalue weighted by Gasteiger charge is 2.10. The van der Waals surface area contributed by atoms with Crippen LogP contribution in [0.5, 0.6) is 0 Å². The highest BCUT2D eigenvalue weighted by molar-refractivity contribution is 5.51. The van der Waals surface area contributed by atoms with Crippen molar-refractivity contribution in [3.8, 4) is 6.07 Å². The molecule has 1 rings (SSSR count). The standard InChI is InChI=1S/C16H23N3O/c1-3-11-19(12-4-2)13-9-14-6-5-7-16(18-20)15(14)8-10-17/h5-7H,3-4,8-9,11-13H2,1-2H3. The summed E-state index contributed by atoms with van der Waals surface area (Å²) in [6.07, 6.45) is 3.39. The lowest BCUT2D eigenvalue weighted by Gasteiger charge is -2.21. The van der Waals surface area contributed by atoms with Crippen LogP contribution >= 0.6 is 0 Å². The number of nitriles is 1. The second-order valence-electron chi connectivity index (χ2n) is 4.93. The van der Waals surface area contributed by atoms with Crippen LogP contribution in [0.3, 0.4) is 0 Å². The van der Waals surface area contributed by atoms with E-state index in [0.717, 1.165) is 50.0 Å². The summed E-state index contributed by atoms with van der Waals surface area (Å²) >= 11 is 0. The molecule has 4 heteroatoms. The van der Waals surface area contributed by atoms with Gasteiger partial charge in [0.1, 0.15) is 5.69 Å². The molecule has 0 spiro atoms. The van der Waals surface area contributed by atoms with Crippen LogP contribution in [0.2, 0.25) is 0 Å². The van der Waals surface area contributed by atoms with E-state index in [1.165, 1.54) is 0 Å². The van der Waals surface area contributed by atoms with Crippen LogP contribution in [0.15, 0.2) is 23.4 Å². The molecular formula is C16H23N3O. The number of nitrogens with zero attached hydrogens (tertiary/aromatic N) is 3. The molecule has 0 bridgehead atoms. The van der Waals surface area contributed by atoms with Crippen molar-refractivity contribution in [1.29, 1.82) is 5.26 Å². The van der Waals surface area contributed by atoms with Gasteiger partial charge in [0.05, 0.1) is 12.5 Å². The van der Waals surface area contributed by atoms with Crippen LogP contribution in [0.25, 0.3) is 0 Å². The van der Waals surface area contributed by atoms with Crippen molar-refractivity contribution in [3.63, 3.8) is 0 Å². The number of benzene rings is 1. The third-order valence-corrected chi connectivity index (χ3v) is 3.38. The first kappa shape index (κ1) is 16.3. The summed E-state index contributed by atoms with van der Waals surface area (Å²) in [5, 5.41) is 11.9. The number of rotatable bonds is 9. The number of hydrogen-bond acceptors (Lipinski definition) is 4. The molecule has 0 N–H and O–H groups in total. The summed E-state index contributed by atoms with van der Waals surface area (Å²) in [6, 6.07) is 7.65. The summed E-state index contributed by atoms with van der Waals surface area (Å²) < 4.78 is 0. The Hall–Kier alpha value is -1.73. The van der Waals surface area contributed by atoms with Crippen LogP contribution in [-0.2, 0) is 12.8 Å². The Labute approximate surface area is 121 Å². The summed E-state index contributed by atoms with van der Waals surface area (Å²) in [5.74, 6) is 0. The first-order valence-electron chi connectivity index (χ1n) is 7.30. The van der Waals surface area contributed by atoms with E-state index in [9.17, 15) is 4.91 Å². The molecule has 4 nitrogen and oxygen atoms in total. The molecule has 0 saturated carbocycles. The van der Waals surface area contributed by atoms with Gasteiger partial charge in [-0.2, -0.15) is 5.26 Å². The molecule has 20 heavy (non-hydrogen) atoms. The molecule has 0 fully saturated rings. The fraction of sp³-hybridized carbons (Fsp3) is 0.562. The van der Waals surface area contributed by atoms with Crippen molar-refractivity contribution >= 4 is 5.69 Å². The van der Waals surface area contributed by atoms with Crippen molar-refractivity contribution in [2.24, 2.45) is 5.18 Å². The molecule has 0 aliphatic rings. The SMILES string of the molecule is CCCN(CCC)CCc1cccc(N=O)c1CC#N. The second-order valence-corrected chi connectivity index (χ2v) is 4.93. The molecule has 1 aromatic carbocycles. The minimum absolute atomic E-state index is 0.249. The number of nitroso groups, excluding NO2 is 1. The van der Waals surface area contributed by atoms with Gasteiger partial charge in [0.2, 0.25) is 0 Å². The van der Waals surface area contributed by atoms with E-state index < -0.39 is 0 Å². The summed E-state index contributed by atoms with van der Waals surface area (Å²) in [4.78, 5) is 13.3. The Morgan fingerprint density at radius 3 is 2.45 bits per heavy atom. The van der Waals surface area contributed by atoms with E-state index >= 15 is 0 Å². The van der Waals surface area contributed by atoms with Gasteiger partial charge in [0.25, 0.3) is 0 Å². The van der Waals surface area contributed by atoms with E-state index in [-0.39, 0.29) is 6.42 Å². The molecule has 0 unspecified atom stereocenters. The lowest BCUT2D eigenvalue weighted by molar-refractivity contribution is 0.278. The van der Waals surface area contributed by atoms with E-state index in [2.05, 4.69) is 30.0 Å². The summed E-state index contributed by atoms with van der Waals surface area (Å²) in [5.41, 5.74) is 2.26. The Morgan fingerprint density at radius 2 is 1.90 bits per heavy atom. The molecule has 0 amide bonds. The van der Waals surface area contributed by atoms with Crippen molar-refractivity contribution in [2.45, 2.75) is 39.5 Å². The summed E-state index contributed by atoms with van der Waals surface area (Å²) in [7, 11) is 0. The van der Waals surface area contributed by atoms with Gasteiger partial charge in [-0.15, -0.1) is 4.91 Å². The molecule has 0 saturated heterocycles. The highest BCUT2D eigenvalue weighted by Crippen LogP contribution is 2.23. The Balaban J connectivity index is 2.80. The smallest absolute Gasteiger partial charge is 0.112 e. The van der Waals surface area contributed by atoms with Crippen molar-refractivity contribution in [2.75, 3.05) is 19.6 Å². The molecule has 0 radical (unpaired) electrons. The van der Waals surface area contributed by atoms with Crippen LogP contribution in [0.1, 0.15) is 37.8 Å². The average Bonchev–Trinajstić information content (AvgIpc) is 2.46. The minimum Gasteiger partial charge on any atom is -0.303 e. The highest BCUT2D eigenvalue weighted by atomic mass is 16.3. The van der Waals surface area contributed by atoms with Gasteiger partial charge in [0, 0.05) is 6.54 Å². The van der Waals surface area contributed by atoms with Gasteiger partial charge in [-0.1, -0.05) is 26.0 Å². The maximum Gasteiger partial charge on any atom is 0.112 e. The molecule has 0 aliphatic heterocycles. The van der Waals surface area contributed by atoms with Crippen LogP contribution in [0.4, 0.5) is 5.69 Å². The third kappa shape index (κ3) is 4.75. The zero-order chi connectivity index (χ0) is 14.8. The molecule has 0 heterocycles. The zero-order valence-electron chi connectivity index (χ0n) is 12.4. The predicted octanol–water partition coefficient (Wildman–Crippen LogP) is 3.82. The largest absolute Gasteiger partial charge is 0.303 e. The van der Waals surface area contributed by atoms with Gasteiger partial charge in [0.15, 0.2) is 0 Å². The lowest BCUT2D eigenvalue weighted by Crippen LogP contribution is -2.28. The molecular weight excluding hydrogens is 250 g/mol. The van der Waals surface area contributed by atoms with Gasteiger partial charge < -0.3 is 4.90 Å². The van der Waals surface area contributed by atoms with E-state index in [4.69, 9.17) is 5.26 Å². The fourth-order valence-corrected chi connectivity index (χ4v) is 2.47.